The maximum Gasteiger partial charge on any atom is 0.171 e. The number of thiocarbonyl (C=S) groups is 1. The summed E-state index contributed by atoms with van der Waals surface area (Å²) in [6.07, 6.45) is 6.17. The Morgan fingerprint density at radius 2 is 1.86 bits per heavy atom. The zero-order chi connectivity index (χ0) is 15.3. The molecule has 0 unspecified atom stereocenters. The molecule has 0 bridgehead atoms. The molecule has 0 aliphatic heterocycles. The van der Waals surface area contributed by atoms with Crippen molar-refractivity contribution in [2.24, 2.45) is 0 Å². The lowest BCUT2D eigenvalue weighted by molar-refractivity contribution is 0.292. The van der Waals surface area contributed by atoms with Crippen molar-refractivity contribution < 1.29 is 9.47 Å². The zero-order valence-corrected chi connectivity index (χ0v) is 13.8. The van der Waals surface area contributed by atoms with Crippen molar-refractivity contribution in [1.29, 1.82) is 0 Å². The molecular formula is C16H24N2O2S. The van der Waals surface area contributed by atoms with Crippen LogP contribution in [0.25, 0.3) is 0 Å². The van der Waals surface area contributed by atoms with E-state index in [0.29, 0.717) is 10.9 Å². The Morgan fingerprint density at radius 3 is 2.48 bits per heavy atom. The highest BCUT2D eigenvalue weighted by Crippen LogP contribution is 2.30. The normalized spacial score (nSPS) is 16.9. The van der Waals surface area contributed by atoms with Crippen molar-refractivity contribution in [3.63, 3.8) is 0 Å². The molecule has 0 aromatic heterocycles. The Kier molecular flexibility index (Phi) is 5.28. The van der Waals surface area contributed by atoms with E-state index in [9.17, 15) is 0 Å². The second-order valence-electron chi connectivity index (χ2n) is 5.77. The molecule has 116 valence electrons. The van der Waals surface area contributed by atoms with Gasteiger partial charge in [-0.25, -0.2) is 0 Å². The van der Waals surface area contributed by atoms with Crippen LogP contribution in [0.15, 0.2) is 18.2 Å². The maximum absolute atomic E-state index is 5.45. The summed E-state index contributed by atoms with van der Waals surface area (Å²) in [5.41, 5.74) is 0.942. The number of benzene rings is 1. The molecule has 0 amide bonds. The molecule has 5 heteroatoms. The van der Waals surface area contributed by atoms with Crippen molar-refractivity contribution in [3.05, 3.63) is 18.2 Å². The Bertz CT molecular complexity index is 499. The molecule has 4 nitrogen and oxygen atoms in total. The number of hydrogen-bond donors (Lipinski definition) is 2. The van der Waals surface area contributed by atoms with Gasteiger partial charge in [-0.3, -0.25) is 0 Å². The highest BCUT2D eigenvalue weighted by molar-refractivity contribution is 7.80. The first-order valence-electron chi connectivity index (χ1n) is 7.37. The van der Waals surface area contributed by atoms with Gasteiger partial charge in [0, 0.05) is 11.6 Å². The van der Waals surface area contributed by atoms with Crippen molar-refractivity contribution in [2.45, 2.75) is 44.6 Å². The minimum Gasteiger partial charge on any atom is -0.497 e. The molecule has 1 aliphatic carbocycles. The third-order valence-corrected chi connectivity index (χ3v) is 4.23. The first-order chi connectivity index (χ1) is 10.1. The van der Waals surface area contributed by atoms with Gasteiger partial charge in [0.25, 0.3) is 0 Å². The van der Waals surface area contributed by atoms with Gasteiger partial charge in [0.05, 0.1) is 19.9 Å². The Hall–Kier alpha value is -1.49. The number of ether oxygens (including phenoxy) is 2. The number of anilines is 1. The molecule has 1 aliphatic rings. The zero-order valence-electron chi connectivity index (χ0n) is 13.0. The number of hydrogen-bond acceptors (Lipinski definition) is 3. The fourth-order valence-electron chi connectivity index (χ4n) is 2.79. The molecule has 1 saturated carbocycles. The minimum atomic E-state index is 0.0992. The van der Waals surface area contributed by atoms with Crippen LogP contribution in [0.4, 0.5) is 5.69 Å². The molecule has 2 rings (SSSR count). The van der Waals surface area contributed by atoms with Gasteiger partial charge < -0.3 is 20.1 Å². The summed E-state index contributed by atoms with van der Waals surface area (Å²) in [7, 11) is 3.27. The first kappa shape index (κ1) is 15.9. The summed E-state index contributed by atoms with van der Waals surface area (Å²) in [5, 5.41) is 7.32. The molecule has 0 heterocycles. The summed E-state index contributed by atoms with van der Waals surface area (Å²) < 4.78 is 10.6. The van der Waals surface area contributed by atoms with Gasteiger partial charge in [-0.2, -0.15) is 0 Å². The number of nitrogens with one attached hydrogen (secondary N) is 2. The van der Waals surface area contributed by atoms with E-state index in [4.69, 9.17) is 21.7 Å². The standard InChI is InChI=1S/C16H24N2O2S/c1-16(9-5-4-6-10-16)18-15(21)17-13-8-7-12(19-2)11-14(13)20-3/h7-8,11H,4-6,9-10H2,1-3H3,(H2,17,18,21). The number of rotatable bonds is 4. The van der Waals surface area contributed by atoms with Gasteiger partial charge in [0.1, 0.15) is 11.5 Å². The Morgan fingerprint density at radius 1 is 1.14 bits per heavy atom. The van der Waals surface area contributed by atoms with Crippen molar-refractivity contribution >= 4 is 23.0 Å². The minimum absolute atomic E-state index is 0.0992. The van der Waals surface area contributed by atoms with E-state index in [1.165, 1.54) is 19.3 Å². The van der Waals surface area contributed by atoms with Gasteiger partial charge >= 0.3 is 0 Å². The predicted octanol–water partition coefficient (Wildman–Crippen LogP) is 3.71. The van der Waals surface area contributed by atoms with Crippen LogP contribution in [0, 0.1) is 0 Å². The van der Waals surface area contributed by atoms with Crippen LogP contribution in [-0.2, 0) is 0 Å². The van der Waals surface area contributed by atoms with Crippen molar-refractivity contribution in [2.75, 3.05) is 19.5 Å². The maximum atomic E-state index is 5.45. The smallest absolute Gasteiger partial charge is 0.171 e. The predicted molar refractivity (Wildman–Crippen MR) is 90.4 cm³/mol. The van der Waals surface area contributed by atoms with E-state index in [0.717, 1.165) is 24.3 Å². The Labute approximate surface area is 132 Å². The third-order valence-electron chi connectivity index (χ3n) is 4.03. The second-order valence-corrected chi connectivity index (χ2v) is 6.17. The molecule has 0 radical (unpaired) electrons. The van der Waals surface area contributed by atoms with Crippen LogP contribution < -0.4 is 20.1 Å². The summed E-state index contributed by atoms with van der Waals surface area (Å²) in [5.74, 6) is 1.47. The summed E-state index contributed by atoms with van der Waals surface area (Å²) >= 11 is 5.45. The number of methoxy groups -OCH3 is 2. The summed E-state index contributed by atoms with van der Waals surface area (Å²) in [4.78, 5) is 0. The lowest BCUT2D eigenvalue weighted by Crippen LogP contribution is -2.48. The topological polar surface area (TPSA) is 42.5 Å². The van der Waals surface area contributed by atoms with Gasteiger partial charge in [-0.05, 0) is 44.1 Å². The molecule has 1 fully saturated rings. The highest BCUT2D eigenvalue weighted by Gasteiger charge is 2.27. The molecule has 1 aromatic carbocycles. The van der Waals surface area contributed by atoms with E-state index in [1.807, 2.05) is 18.2 Å². The molecule has 1 aromatic rings. The van der Waals surface area contributed by atoms with Crippen LogP contribution in [0.3, 0.4) is 0 Å². The van der Waals surface area contributed by atoms with E-state index in [2.05, 4.69) is 17.6 Å². The average Bonchev–Trinajstić information content (AvgIpc) is 2.47. The average molecular weight is 308 g/mol. The second kappa shape index (κ2) is 6.98. The van der Waals surface area contributed by atoms with Crippen molar-refractivity contribution in [3.8, 4) is 11.5 Å². The quantitative estimate of drug-likeness (QED) is 0.830. The van der Waals surface area contributed by atoms with Crippen molar-refractivity contribution in [1.82, 2.24) is 5.32 Å². The van der Waals surface area contributed by atoms with Gasteiger partial charge in [0.15, 0.2) is 5.11 Å². The molecular weight excluding hydrogens is 284 g/mol. The molecule has 0 saturated heterocycles. The van der Waals surface area contributed by atoms with Crippen LogP contribution >= 0.6 is 12.2 Å². The monoisotopic (exact) mass is 308 g/mol. The fraction of sp³-hybridized carbons (Fsp3) is 0.562. The highest BCUT2D eigenvalue weighted by atomic mass is 32.1. The van der Waals surface area contributed by atoms with Crippen LogP contribution in [0.1, 0.15) is 39.0 Å². The SMILES string of the molecule is COc1ccc(NC(=S)NC2(C)CCCCC2)c(OC)c1. The van der Waals surface area contributed by atoms with Gasteiger partial charge in [-0.15, -0.1) is 0 Å². The van der Waals surface area contributed by atoms with Gasteiger partial charge in [0.2, 0.25) is 0 Å². The fourth-order valence-corrected chi connectivity index (χ4v) is 3.14. The van der Waals surface area contributed by atoms with E-state index < -0.39 is 0 Å². The van der Waals surface area contributed by atoms with E-state index in [1.54, 1.807) is 14.2 Å². The lowest BCUT2D eigenvalue weighted by Gasteiger charge is -2.35. The molecule has 2 N–H and O–H groups in total. The molecule has 21 heavy (non-hydrogen) atoms. The molecule has 0 atom stereocenters. The third kappa shape index (κ3) is 4.24. The first-order valence-corrected chi connectivity index (χ1v) is 7.78. The molecule has 0 spiro atoms. The van der Waals surface area contributed by atoms with Crippen LogP contribution in [0.2, 0.25) is 0 Å². The van der Waals surface area contributed by atoms with Crippen LogP contribution in [0.5, 0.6) is 11.5 Å². The van der Waals surface area contributed by atoms with E-state index >= 15 is 0 Å². The lowest BCUT2D eigenvalue weighted by atomic mass is 9.83. The Balaban J connectivity index is 2.02. The summed E-state index contributed by atoms with van der Waals surface area (Å²) in [6, 6.07) is 5.64. The largest absolute Gasteiger partial charge is 0.497 e. The van der Waals surface area contributed by atoms with Gasteiger partial charge in [-0.1, -0.05) is 19.3 Å². The van der Waals surface area contributed by atoms with E-state index in [-0.39, 0.29) is 5.54 Å². The summed E-state index contributed by atoms with van der Waals surface area (Å²) in [6.45, 7) is 2.24. The van der Waals surface area contributed by atoms with Crippen LogP contribution in [-0.4, -0.2) is 24.9 Å².